The predicted octanol–water partition coefficient (Wildman–Crippen LogP) is 3.07. The monoisotopic (exact) mass is 287 g/mol. The summed E-state index contributed by atoms with van der Waals surface area (Å²) in [6.45, 7) is 6.98. The first kappa shape index (κ1) is 15.3. The van der Waals surface area contributed by atoms with Gasteiger partial charge in [0.15, 0.2) is 0 Å². The van der Waals surface area contributed by atoms with Gasteiger partial charge in [-0.15, -0.1) is 0 Å². The van der Waals surface area contributed by atoms with Gasteiger partial charge in [-0.3, -0.25) is 4.98 Å². The Hall–Kier alpha value is -2.09. The molecule has 0 aliphatic carbocycles. The molecule has 112 valence electrons. The third kappa shape index (κ3) is 4.19. The Bertz CT molecular complexity index is 532. The Balaban J connectivity index is 1.91. The van der Waals surface area contributed by atoms with Gasteiger partial charge in [0.2, 0.25) is 0 Å². The molecule has 1 aliphatic rings. The summed E-state index contributed by atoms with van der Waals surface area (Å²) in [7, 11) is 0. The highest BCUT2D eigenvalue weighted by molar-refractivity contribution is 5.68. The number of nitriles is 1. The molecular formula is C16H21N3O2. The average Bonchev–Trinajstić information content (AvgIpc) is 2.46. The van der Waals surface area contributed by atoms with E-state index >= 15 is 0 Å². The third-order valence-electron chi connectivity index (χ3n) is 3.48. The summed E-state index contributed by atoms with van der Waals surface area (Å²) in [6, 6.07) is 5.77. The lowest BCUT2D eigenvalue weighted by atomic mass is 9.93. The molecule has 5 nitrogen and oxygen atoms in total. The van der Waals surface area contributed by atoms with Crippen molar-refractivity contribution in [3.8, 4) is 6.07 Å². The van der Waals surface area contributed by atoms with E-state index in [-0.39, 0.29) is 6.09 Å². The van der Waals surface area contributed by atoms with E-state index in [1.165, 1.54) is 0 Å². The van der Waals surface area contributed by atoms with Crippen LogP contribution in [0.1, 0.15) is 50.8 Å². The van der Waals surface area contributed by atoms with Gasteiger partial charge in [-0.1, -0.05) is 0 Å². The van der Waals surface area contributed by atoms with Gasteiger partial charge in [-0.2, -0.15) is 5.26 Å². The van der Waals surface area contributed by atoms with E-state index in [9.17, 15) is 4.79 Å². The Morgan fingerprint density at radius 2 is 2.05 bits per heavy atom. The maximum Gasteiger partial charge on any atom is 0.410 e. The summed E-state index contributed by atoms with van der Waals surface area (Å²) >= 11 is 0. The summed E-state index contributed by atoms with van der Waals surface area (Å²) in [4.78, 5) is 18.1. The minimum absolute atomic E-state index is 0.242. The molecule has 1 aromatic heterocycles. The van der Waals surface area contributed by atoms with Crippen molar-refractivity contribution in [2.75, 3.05) is 13.1 Å². The Morgan fingerprint density at radius 3 is 2.52 bits per heavy atom. The molecule has 0 spiro atoms. The topological polar surface area (TPSA) is 66.2 Å². The van der Waals surface area contributed by atoms with E-state index in [4.69, 9.17) is 10.00 Å². The Kier molecular flexibility index (Phi) is 4.46. The fraction of sp³-hybridized carbons (Fsp3) is 0.562. The van der Waals surface area contributed by atoms with Crippen molar-refractivity contribution in [1.29, 1.82) is 5.26 Å². The second kappa shape index (κ2) is 6.13. The van der Waals surface area contributed by atoms with Gasteiger partial charge in [0.25, 0.3) is 0 Å². The van der Waals surface area contributed by atoms with E-state index in [2.05, 4.69) is 11.1 Å². The zero-order valence-corrected chi connectivity index (χ0v) is 12.8. The molecule has 0 atom stereocenters. The smallest absolute Gasteiger partial charge is 0.410 e. The number of piperidine rings is 1. The number of carbonyl (C=O) groups excluding carboxylic acids is 1. The fourth-order valence-electron chi connectivity index (χ4n) is 2.40. The minimum atomic E-state index is -0.456. The van der Waals surface area contributed by atoms with Crippen molar-refractivity contribution in [3.05, 3.63) is 29.6 Å². The lowest BCUT2D eigenvalue weighted by Crippen LogP contribution is -2.41. The van der Waals surface area contributed by atoms with E-state index in [1.807, 2.05) is 26.8 Å². The summed E-state index contributed by atoms with van der Waals surface area (Å²) in [6.07, 6.45) is 3.11. The van der Waals surface area contributed by atoms with Crippen LogP contribution in [0.25, 0.3) is 0 Å². The van der Waals surface area contributed by atoms with Crippen molar-refractivity contribution in [2.24, 2.45) is 0 Å². The largest absolute Gasteiger partial charge is 0.444 e. The fourth-order valence-corrected chi connectivity index (χ4v) is 2.40. The van der Waals surface area contributed by atoms with Crippen LogP contribution >= 0.6 is 0 Å². The number of carbonyl (C=O) groups is 1. The molecule has 1 aliphatic heterocycles. The maximum atomic E-state index is 12.0. The number of aromatic nitrogens is 1. The van der Waals surface area contributed by atoms with E-state index in [0.29, 0.717) is 24.6 Å². The quantitative estimate of drug-likeness (QED) is 0.796. The van der Waals surface area contributed by atoms with Gasteiger partial charge in [0, 0.05) is 30.9 Å². The predicted molar refractivity (Wildman–Crippen MR) is 78.7 cm³/mol. The number of nitrogens with zero attached hydrogens (tertiary/aromatic N) is 3. The first-order valence-electron chi connectivity index (χ1n) is 7.23. The molecule has 1 amide bonds. The van der Waals surface area contributed by atoms with Crippen LogP contribution in [0.15, 0.2) is 18.3 Å². The van der Waals surface area contributed by atoms with E-state index in [1.54, 1.807) is 17.2 Å². The second-order valence-electron chi connectivity index (χ2n) is 6.33. The van der Waals surface area contributed by atoms with Crippen LogP contribution in [0.2, 0.25) is 0 Å². The second-order valence-corrected chi connectivity index (χ2v) is 6.33. The van der Waals surface area contributed by atoms with Crippen molar-refractivity contribution < 1.29 is 9.53 Å². The lowest BCUT2D eigenvalue weighted by Gasteiger charge is -2.33. The standard InChI is InChI=1S/C16H21N3O2/c1-16(2,3)21-15(20)19-8-6-13(7-9-19)14-5-4-12(10-17)11-18-14/h4-5,11,13H,6-9H2,1-3H3. The molecule has 0 bridgehead atoms. The van der Waals surface area contributed by atoms with Crippen LogP contribution in [-0.4, -0.2) is 34.7 Å². The third-order valence-corrected chi connectivity index (χ3v) is 3.48. The Morgan fingerprint density at radius 1 is 1.38 bits per heavy atom. The van der Waals surface area contributed by atoms with Crippen LogP contribution in [0.4, 0.5) is 4.79 Å². The van der Waals surface area contributed by atoms with Crippen LogP contribution in [0.5, 0.6) is 0 Å². The van der Waals surface area contributed by atoms with Crippen molar-refractivity contribution in [2.45, 2.75) is 45.1 Å². The van der Waals surface area contributed by atoms with Gasteiger partial charge < -0.3 is 9.64 Å². The van der Waals surface area contributed by atoms with Gasteiger partial charge in [0.05, 0.1) is 5.56 Å². The highest BCUT2D eigenvalue weighted by Crippen LogP contribution is 2.27. The molecule has 21 heavy (non-hydrogen) atoms. The number of rotatable bonds is 1. The van der Waals surface area contributed by atoms with Crippen molar-refractivity contribution in [1.82, 2.24) is 9.88 Å². The summed E-state index contributed by atoms with van der Waals surface area (Å²) < 4.78 is 5.38. The Labute approximate surface area is 125 Å². The van der Waals surface area contributed by atoms with Gasteiger partial charge in [-0.25, -0.2) is 4.79 Å². The van der Waals surface area contributed by atoms with E-state index in [0.717, 1.165) is 18.5 Å². The minimum Gasteiger partial charge on any atom is -0.444 e. The highest BCUT2D eigenvalue weighted by atomic mass is 16.6. The van der Waals surface area contributed by atoms with Gasteiger partial charge in [0.1, 0.15) is 11.7 Å². The summed E-state index contributed by atoms with van der Waals surface area (Å²) in [5.41, 5.74) is 1.12. The molecular weight excluding hydrogens is 266 g/mol. The number of hydrogen-bond acceptors (Lipinski definition) is 4. The number of ether oxygens (including phenoxy) is 1. The first-order chi connectivity index (χ1) is 9.89. The maximum absolute atomic E-state index is 12.0. The highest BCUT2D eigenvalue weighted by Gasteiger charge is 2.27. The molecule has 5 heteroatoms. The van der Waals surface area contributed by atoms with Crippen LogP contribution in [0.3, 0.4) is 0 Å². The number of amides is 1. The molecule has 0 aromatic carbocycles. The molecule has 1 aromatic rings. The number of hydrogen-bond donors (Lipinski definition) is 0. The lowest BCUT2D eigenvalue weighted by molar-refractivity contribution is 0.0204. The van der Waals surface area contributed by atoms with Gasteiger partial charge in [-0.05, 0) is 45.7 Å². The van der Waals surface area contributed by atoms with Crippen molar-refractivity contribution >= 4 is 6.09 Å². The van der Waals surface area contributed by atoms with E-state index < -0.39 is 5.60 Å². The number of pyridine rings is 1. The molecule has 2 rings (SSSR count). The molecule has 1 fully saturated rings. The molecule has 0 N–H and O–H groups in total. The zero-order valence-electron chi connectivity index (χ0n) is 12.8. The van der Waals surface area contributed by atoms with Crippen LogP contribution < -0.4 is 0 Å². The number of likely N-dealkylation sites (tertiary alicyclic amines) is 1. The summed E-state index contributed by atoms with van der Waals surface area (Å²) in [5, 5.41) is 8.78. The van der Waals surface area contributed by atoms with Crippen LogP contribution in [-0.2, 0) is 4.74 Å². The van der Waals surface area contributed by atoms with Crippen LogP contribution in [0, 0.1) is 11.3 Å². The molecule has 1 saturated heterocycles. The SMILES string of the molecule is CC(C)(C)OC(=O)N1CCC(c2ccc(C#N)cn2)CC1. The zero-order chi connectivity index (χ0) is 15.5. The normalized spacial score (nSPS) is 16.4. The molecule has 2 heterocycles. The van der Waals surface area contributed by atoms with Crippen molar-refractivity contribution in [3.63, 3.8) is 0 Å². The summed E-state index contributed by atoms with van der Waals surface area (Å²) in [5.74, 6) is 0.344. The average molecular weight is 287 g/mol. The molecule has 0 saturated carbocycles. The molecule has 0 radical (unpaired) electrons. The van der Waals surface area contributed by atoms with Gasteiger partial charge >= 0.3 is 6.09 Å². The first-order valence-corrected chi connectivity index (χ1v) is 7.23. The molecule has 0 unspecified atom stereocenters.